The van der Waals surface area contributed by atoms with Gasteiger partial charge in [-0.15, -0.1) is 0 Å². The molecule has 0 aliphatic rings. The lowest BCUT2D eigenvalue weighted by Gasteiger charge is -2.21. The number of carbonyl (C=O) groups excluding carboxylic acids is 2. The lowest BCUT2D eigenvalue weighted by Crippen LogP contribution is -2.45. The molecule has 0 saturated carbocycles. The summed E-state index contributed by atoms with van der Waals surface area (Å²) in [5, 5.41) is 2.79. The molecule has 1 N–H and O–H groups in total. The lowest BCUT2D eigenvalue weighted by molar-refractivity contribution is -0.148. The highest BCUT2D eigenvalue weighted by Crippen LogP contribution is 2.20. The van der Waals surface area contributed by atoms with E-state index in [0.717, 1.165) is 16.7 Å². The minimum atomic E-state index is -0.708. The third kappa shape index (κ3) is 5.55. The topological polar surface area (TPSA) is 55.4 Å². The van der Waals surface area contributed by atoms with Crippen molar-refractivity contribution in [2.75, 3.05) is 0 Å². The van der Waals surface area contributed by atoms with E-state index in [9.17, 15) is 9.59 Å². The van der Waals surface area contributed by atoms with E-state index in [2.05, 4.69) is 5.32 Å². The maximum absolute atomic E-state index is 12.6. The Morgan fingerprint density at radius 3 is 2.10 bits per heavy atom. The van der Waals surface area contributed by atoms with Gasteiger partial charge >= 0.3 is 5.97 Å². The molecule has 1 atom stereocenters. The van der Waals surface area contributed by atoms with Crippen molar-refractivity contribution in [2.24, 2.45) is 5.92 Å². The fourth-order valence-corrected chi connectivity index (χ4v) is 3.03. The van der Waals surface area contributed by atoms with Crippen LogP contribution in [0.2, 0.25) is 0 Å². The summed E-state index contributed by atoms with van der Waals surface area (Å²) >= 11 is 0. The van der Waals surface area contributed by atoms with Gasteiger partial charge < -0.3 is 10.1 Å². The first-order valence-electron chi connectivity index (χ1n) is 9.71. The second-order valence-corrected chi connectivity index (χ2v) is 7.24. The smallest absolute Gasteiger partial charge is 0.329 e. The molecule has 0 heterocycles. The Morgan fingerprint density at radius 1 is 0.828 bits per heavy atom. The number of nitrogens with one attached hydrogen (secondary N) is 1. The van der Waals surface area contributed by atoms with Gasteiger partial charge in [0.25, 0.3) is 5.91 Å². The Hall–Kier alpha value is -3.40. The molecule has 0 aliphatic heterocycles. The molecule has 0 bridgehead atoms. The number of esters is 1. The molecule has 3 aromatic carbocycles. The van der Waals surface area contributed by atoms with Gasteiger partial charge in [0.1, 0.15) is 12.6 Å². The summed E-state index contributed by atoms with van der Waals surface area (Å²) in [5.41, 5.74) is 3.59. The Bertz CT molecular complexity index is 952. The van der Waals surface area contributed by atoms with Gasteiger partial charge in [-0.25, -0.2) is 4.79 Å². The van der Waals surface area contributed by atoms with Crippen LogP contribution >= 0.6 is 0 Å². The summed E-state index contributed by atoms with van der Waals surface area (Å²) in [4.78, 5) is 25.1. The number of carbonyl (C=O) groups is 2. The molecule has 3 rings (SSSR count). The van der Waals surface area contributed by atoms with Gasteiger partial charge in [-0.1, -0.05) is 80.6 Å². The van der Waals surface area contributed by atoms with E-state index in [-0.39, 0.29) is 18.4 Å². The van der Waals surface area contributed by atoms with Gasteiger partial charge in [0.05, 0.1) is 0 Å². The zero-order chi connectivity index (χ0) is 20.6. The first kappa shape index (κ1) is 20.3. The summed E-state index contributed by atoms with van der Waals surface area (Å²) in [6.07, 6.45) is 0. The Kier molecular flexibility index (Phi) is 6.80. The minimum absolute atomic E-state index is 0.0918. The summed E-state index contributed by atoms with van der Waals surface area (Å²) in [6.45, 7) is 3.92. The molecule has 0 aliphatic carbocycles. The lowest BCUT2D eigenvalue weighted by atomic mass is 10.0. The first-order chi connectivity index (χ1) is 14.0. The molecule has 0 saturated heterocycles. The molecular formula is C25H25NO3. The fourth-order valence-electron chi connectivity index (χ4n) is 3.03. The zero-order valence-corrected chi connectivity index (χ0v) is 16.7. The minimum Gasteiger partial charge on any atom is -0.459 e. The first-order valence-corrected chi connectivity index (χ1v) is 9.71. The molecule has 29 heavy (non-hydrogen) atoms. The van der Waals surface area contributed by atoms with Crippen LogP contribution < -0.4 is 5.32 Å². The van der Waals surface area contributed by atoms with Crippen molar-refractivity contribution >= 4 is 11.9 Å². The summed E-state index contributed by atoms with van der Waals surface area (Å²) < 4.78 is 5.53. The molecule has 0 unspecified atom stereocenters. The summed E-state index contributed by atoms with van der Waals surface area (Å²) in [7, 11) is 0. The summed E-state index contributed by atoms with van der Waals surface area (Å²) in [6, 6.07) is 26.1. The SMILES string of the molecule is CC(C)[C@H](NC(=O)c1ccccc1)C(=O)OCc1cccc(-c2ccccc2)c1. The van der Waals surface area contributed by atoms with Gasteiger partial charge in [-0.3, -0.25) is 4.79 Å². The van der Waals surface area contributed by atoms with E-state index >= 15 is 0 Å². The molecular weight excluding hydrogens is 362 g/mol. The summed E-state index contributed by atoms with van der Waals surface area (Å²) in [5.74, 6) is -0.812. The van der Waals surface area contributed by atoms with Crippen LogP contribution in [0.3, 0.4) is 0 Å². The van der Waals surface area contributed by atoms with Crippen LogP contribution in [-0.4, -0.2) is 17.9 Å². The van der Waals surface area contributed by atoms with Crippen molar-refractivity contribution in [3.05, 3.63) is 96.1 Å². The highest BCUT2D eigenvalue weighted by molar-refractivity contribution is 5.96. The van der Waals surface area contributed by atoms with Crippen molar-refractivity contribution in [3.63, 3.8) is 0 Å². The monoisotopic (exact) mass is 387 g/mol. The van der Waals surface area contributed by atoms with Gasteiger partial charge in [0.2, 0.25) is 0 Å². The third-order valence-corrected chi connectivity index (χ3v) is 4.66. The average molecular weight is 387 g/mol. The van der Waals surface area contributed by atoms with Crippen molar-refractivity contribution in [1.82, 2.24) is 5.32 Å². The van der Waals surface area contributed by atoms with Gasteiger partial charge in [0.15, 0.2) is 0 Å². The Balaban J connectivity index is 1.64. The molecule has 4 heteroatoms. The highest BCUT2D eigenvalue weighted by atomic mass is 16.5. The van der Waals surface area contributed by atoms with Gasteiger partial charge in [0, 0.05) is 5.56 Å². The van der Waals surface area contributed by atoms with E-state index in [1.807, 2.05) is 74.5 Å². The number of rotatable bonds is 7. The van der Waals surface area contributed by atoms with Crippen LogP contribution in [0.25, 0.3) is 11.1 Å². The van der Waals surface area contributed by atoms with Crippen molar-refractivity contribution in [1.29, 1.82) is 0 Å². The van der Waals surface area contributed by atoms with Crippen LogP contribution in [0.15, 0.2) is 84.9 Å². The predicted molar refractivity (Wildman–Crippen MR) is 114 cm³/mol. The molecule has 0 aromatic heterocycles. The molecule has 3 aromatic rings. The molecule has 1 amide bonds. The van der Waals surface area contributed by atoms with E-state index in [4.69, 9.17) is 4.74 Å². The molecule has 0 radical (unpaired) electrons. The number of amides is 1. The van der Waals surface area contributed by atoms with E-state index < -0.39 is 12.0 Å². The van der Waals surface area contributed by atoms with Gasteiger partial charge in [-0.05, 0) is 40.8 Å². The number of hydrogen-bond acceptors (Lipinski definition) is 3. The quantitative estimate of drug-likeness (QED) is 0.590. The largest absolute Gasteiger partial charge is 0.459 e. The maximum atomic E-state index is 12.6. The Morgan fingerprint density at radius 2 is 1.45 bits per heavy atom. The van der Waals surface area contributed by atoms with Crippen molar-refractivity contribution in [3.8, 4) is 11.1 Å². The van der Waals surface area contributed by atoms with Crippen LogP contribution in [0.4, 0.5) is 0 Å². The highest BCUT2D eigenvalue weighted by Gasteiger charge is 2.26. The molecule has 0 spiro atoms. The second-order valence-electron chi connectivity index (χ2n) is 7.24. The fraction of sp³-hybridized carbons (Fsp3) is 0.200. The number of benzene rings is 3. The molecule has 148 valence electrons. The predicted octanol–water partition coefficient (Wildman–Crippen LogP) is 4.85. The normalized spacial score (nSPS) is 11.7. The van der Waals surface area contributed by atoms with Crippen LogP contribution in [0, 0.1) is 5.92 Å². The van der Waals surface area contributed by atoms with E-state index in [1.165, 1.54) is 0 Å². The van der Waals surface area contributed by atoms with Crippen molar-refractivity contribution in [2.45, 2.75) is 26.5 Å². The number of hydrogen-bond donors (Lipinski definition) is 1. The van der Waals surface area contributed by atoms with E-state index in [1.54, 1.807) is 24.3 Å². The zero-order valence-electron chi connectivity index (χ0n) is 16.7. The van der Waals surface area contributed by atoms with Gasteiger partial charge in [-0.2, -0.15) is 0 Å². The molecule has 4 nitrogen and oxygen atoms in total. The molecule has 0 fully saturated rings. The van der Waals surface area contributed by atoms with Crippen LogP contribution in [0.1, 0.15) is 29.8 Å². The average Bonchev–Trinajstić information content (AvgIpc) is 2.77. The van der Waals surface area contributed by atoms with Crippen LogP contribution in [0.5, 0.6) is 0 Å². The van der Waals surface area contributed by atoms with E-state index in [0.29, 0.717) is 5.56 Å². The maximum Gasteiger partial charge on any atom is 0.329 e. The number of ether oxygens (including phenoxy) is 1. The van der Waals surface area contributed by atoms with Crippen LogP contribution in [-0.2, 0) is 16.1 Å². The second kappa shape index (κ2) is 9.69. The van der Waals surface area contributed by atoms with Crippen molar-refractivity contribution < 1.29 is 14.3 Å². The third-order valence-electron chi connectivity index (χ3n) is 4.66. The Labute approximate surface area is 171 Å². The standard InChI is InChI=1S/C25H25NO3/c1-18(2)23(26-24(27)21-13-7-4-8-14-21)25(28)29-17-19-10-9-15-22(16-19)20-11-5-3-6-12-20/h3-16,18,23H,17H2,1-2H3,(H,26,27)/t23-/m0/s1.